The number of hydrogen-bond donors (Lipinski definition) is 1. The Labute approximate surface area is 182 Å². The number of hydrogen-bond acceptors (Lipinski definition) is 3. The van der Waals surface area contributed by atoms with E-state index in [1.165, 1.54) is 5.56 Å². The fraction of sp³-hybridized carbons (Fsp3) is 0.231. The molecule has 0 aromatic heterocycles. The van der Waals surface area contributed by atoms with Crippen molar-refractivity contribution in [1.82, 2.24) is 0 Å². The molecule has 0 aliphatic carbocycles. The van der Waals surface area contributed by atoms with Crippen molar-refractivity contribution >= 4 is 23.1 Å². The Balaban J connectivity index is 1.79. The number of fused-ring (bicyclic) bond motifs is 1. The number of benzene rings is 3. The van der Waals surface area contributed by atoms with Gasteiger partial charge in [0.1, 0.15) is 6.04 Å². The number of carbonyl (C=O) groups is 1. The molecule has 0 spiro atoms. The summed E-state index contributed by atoms with van der Waals surface area (Å²) in [5, 5.41) is 9.99. The summed E-state index contributed by atoms with van der Waals surface area (Å²) in [6.07, 6.45) is 1.88. The summed E-state index contributed by atoms with van der Waals surface area (Å²) in [6, 6.07) is 21.2. The highest BCUT2D eigenvalue weighted by Gasteiger charge is 2.26. The standard InChI is InChI=1S/C26H24ClNO2/c1-2-17-4-3-5-19(12-17)13-24-25(30)14-21-10-11-22(27)15-23(21)26(28-24)20-8-6-18(16-29)7-9-20/h3-12,15,24,29H,2,13-14,16H2,1H3. The Bertz CT molecular complexity index is 1100. The SMILES string of the molecule is CCc1cccc(CC2N=C(c3ccc(CO)cc3)c3cc(Cl)ccc3CC2=O)c1. The van der Waals surface area contributed by atoms with Gasteiger partial charge in [0.25, 0.3) is 0 Å². The van der Waals surface area contributed by atoms with E-state index in [0.29, 0.717) is 17.9 Å². The summed E-state index contributed by atoms with van der Waals surface area (Å²) in [5.41, 5.74) is 6.75. The van der Waals surface area contributed by atoms with Crippen LogP contribution in [0.3, 0.4) is 0 Å². The van der Waals surface area contributed by atoms with Gasteiger partial charge in [-0.05, 0) is 40.8 Å². The molecule has 0 fully saturated rings. The predicted octanol–water partition coefficient (Wildman–Crippen LogP) is 4.97. The van der Waals surface area contributed by atoms with Crippen molar-refractivity contribution in [3.05, 3.63) is 105 Å². The van der Waals surface area contributed by atoms with Crippen LogP contribution in [-0.2, 0) is 30.7 Å². The maximum atomic E-state index is 13.1. The van der Waals surface area contributed by atoms with Crippen LogP contribution in [0.2, 0.25) is 5.02 Å². The number of Topliss-reactive ketones (excluding diaryl/α,β-unsaturated/α-hetero) is 1. The van der Waals surface area contributed by atoms with Gasteiger partial charge >= 0.3 is 0 Å². The predicted molar refractivity (Wildman–Crippen MR) is 121 cm³/mol. The Kier molecular flexibility index (Phi) is 6.12. The van der Waals surface area contributed by atoms with Crippen molar-refractivity contribution in [2.75, 3.05) is 0 Å². The molecule has 1 heterocycles. The minimum Gasteiger partial charge on any atom is -0.392 e. The second kappa shape index (κ2) is 8.95. The molecule has 3 aromatic rings. The molecule has 1 aliphatic rings. The topological polar surface area (TPSA) is 49.7 Å². The third-order valence-electron chi connectivity index (χ3n) is 5.59. The zero-order valence-electron chi connectivity index (χ0n) is 16.9. The van der Waals surface area contributed by atoms with E-state index >= 15 is 0 Å². The Hall–Kier alpha value is -2.75. The molecule has 4 rings (SSSR count). The summed E-state index contributed by atoms with van der Waals surface area (Å²) >= 11 is 6.29. The number of carbonyl (C=O) groups excluding carboxylic acids is 1. The van der Waals surface area contributed by atoms with Gasteiger partial charge in [0.05, 0.1) is 12.3 Å². The number of nitrogens with zero attached hydrogens (tertiary/aromatic N) is 1. The molecule has 3 aromatic carbocycles. The van der Waals surface area contributed by atoms with Gasteiger partial charge in [0.15, 0.2) is 5.78 Å². The van der Waals surface area contributed by atoms with Crippen LogP contribution in [0.25, 0.3) is 0 Å². The highest BCUT2D eigenvalue weighted by molar-refractivity contribution is 6.31. The van der Waals surface area contributed by atoms with E-state index in [2.05, 4.69) is 25.1 Å². The fourth-order valence-electron chi connectivity index (χ4n) is 3.88. The van der Waals surface area contributed by atoms with Gasteiger partial charge in [-0.1, -0.05) is 73.1 Å². The van der Waals surface area contributed by atoms with Gasteiger partial charge in [0.2, 0.25) is 0 Å². The van der Waals surface area contributed by atoms with Crippen LogP contribution in [0, 0.1) is 0 Å². The lowest BCUT2D eigenvalue weighted by atomic mass is 9.94. The molecule has 30 heavy (non-hydrogen) atoms. The number of ketones is 1. The third kappa shape index (κ3) is 4.38. The van der Waals surface area contributed by atoms with E-state index in [1.807, 2.05) is 48.5 Å². The minimum absolute atomic E-state index is 0.00987. The zero-order valence-corrected chi connectivity index (χ0v) is 17.7. The number of rotatable bonds is 5. The Morgan fingerprint density at radius 3 is 2.50 bits per heavy atom. The first-order valence-electron chi connectivity index (χ1n) is 10.2. The smallest absolute Gasteiger partial charge is 0.162 e. The number of aliphatic hydroxyl groups is 1. The second-order valence-corrected chi connectivity index (χ2v) is 8.11. The summed E-state index contributed by atoms with van der Waals surface area (Å²) in [5.74, 6) is 0.113. The summed E-state index contributed by atoms with van der Waals surface area (Å²) in [4.78, 5) is 18.1. The van der Waals surface area contributed by atoms with E-state index in [9.17, 15) is 9.90 Å². The lowest BCUT2D eigenvalue weighted by Crippen LogP contribution is -2.23. The average Bonchev–Trinajstić information content (AvgIpc) is 2.90. The number of halogens is 1. The molecule has 0 radical (unpaired) electrons. The van der Waals surface area contributed by atoms with E-state index in [1.54, 1.807) is 0 Å². The lowest BCUT2D eigenvalue weighted by Gasteiger charge is -2.13. The van der Waals surface area contributed by atoms with Crippen molar-refractivity contribution in [3.8, 4) is 0 Å². The summed E-state index contributed by atoms with van der Waals surface area (Å²) in [6.45, 7) is 2.12. The van der Waals surface area contributed by atoms with Crippen molar-refractivity contribution < 1.29 is 9.90 Å². The molecular formula is C26H24ClNO2. The maximum absolute atomic E-state index is 13.1. The highest BCUT2D eigenvalue weighted by atomic mass is 35.5. The van der Waals surface area contributed by atoms with Gasteiger partial charge in [-0.2, -0.15) is 0 Å². The van der Waals surface area contributed by atoms with Crippen LogP contribution >= 0.6 is 11.6 Å². The van der Waals surface area contributed by atoms with Gasteiger partial charge < -0.3 is 5.11 Å². The van der Waals surface area contributed by atoms with Gasteiger partial charge in [0, 0.05) is 29.0 Å². The molecule has 0 saturated carbocycles. The van der Waals surface area contributed by atoms with E-state index < -0.39 is 6.04 Å². The summed E-state index contributed by atoms with van der Waals surface area (Å²) in [7, 11) is 0. The molecule has 3 nitrogen and oxygen atoms in total. The monoisotopic (exact) mass is 417 g/mol. The van der Waals surface area contributed by atoms with E-state index in [0.717, 1.165) is 39.9 Å². The molecule has 1 N–H and O–H groups in total. The van der Waals surface area contributed by atoms with Crippen LogP contribution in [-0.4, -0.2) is 22.6 Å². The highest BCUT2D eigenvalue weighted by Crippen LogP contribution is 2.26. The maximum Gasteiger partial charge on any atom is 0.162 e. The molecule has 0 bridgehead atoms. The largest absolute Gasteiger partial charge is 0.392 e. The number of aliphatic imine (C=N–C) groups is 1. The first kappa shape index (κ1) is 20.5. The van der Waals surface area contributed by atoms with Crippen LogP contribution in [0.5, 0.6) is 0 Å². The van der Waals surface area contributed by atoms with Gasteiger partial charge in [-0.25, -0.2) is 0 Å². The van der Waals surface area contributed by atoms with Crippen molar-refractivity contribution in [3.63, 3.8) is 0 Å². The Morgan fingerprint density at radius 1 is 1.00 bits per heavy atom. The quantitative estimate of drug-likeness (QED) is 0.637. The average molecular weight is 418 g/mol. The minimum atomic E-state index is -0.448. The van der Waals surface area contributed by atoms with Crippen LogP contribution in [0.15, 0.2) is 71.7 Å². The van der Waals surface area contributed by atoms with Crippen molar-refractivity contribution in [2.24, 2.45) is 4.99 Å². The number of aryl methyl sites for hydroxylation is 1. The third-order valence-corrected chi connectivity index (χ3v) is 5.82. The van der Waals surface area contributed by atoms with Crippen molar-refractivity contribution in [2.45, 2.75) is 38.8 Å². The zero-order chi connectivity index (χ0) is 21.1. The molecule has 0 saturated heterocycles. The Morgan fingerprint density at radius 2 is 1.77 bits per heavy atom. The molecule has 4 heteroatoms. The van der Waals surface area contributed by atoms with Crippen molar-refractivity contribution in [1.29, 1.82) is 0 Å². The molecule has 152 valence electrons. The molecule has 1 aliphatic heterocycles. The fourth-order valence-corrected chi connectivity index (χ4v) is 4.06. The van der Waals surface area contributed by atoms with Gasteiger partial charge in [-0.15, -0.1) is 0 Å². The van der Waals surface area contributed by atoms with Crippen LogP contribution in [0.1, 0.15) is 40.3 Å². The van der Waals surface area contributed by atoms with Crippen LogP contribution < -0.4 is 0 Å². The first-order valence-corrected chi connectivity index (χ1v) is 10.6. The number of aliphatic hydroxyl groups excluding tert-OH is 1. The van der Waals surface area contributed by atoms with E-state index in [4.69, 9.17) is 16.6 Å². The second-order valence-electron chi connectivity index (χ2n) is 7.67. The normalized spacial score (nSPS) is 16.0. The van der Waals surface area contributed by atoms with Gasteiger partial charge in [-0.3, -0.25) is 9.79 Å². The molecule has 1 atom stereocenters. The lowest BCUT2D eigenvalue weighted by molar-refractivity contribution is -0.119. The molecule has 0 amide bonds. The van der Waals surface area contributed by atoms with Crippen LogP contribution in [0.4, 0.5) is 0 Å². The van der Waals surface area contributed by atoms with E-state index in [-0.39, 0.29) is 12.4 Å². The summed E-state index contributed by atoms with van der Waals surface area (Å²) < 4.78 is 0. The molecule has 1 unspecified atom stereocenters. The first-order chi connectivity index (χ1) is 14.6. The molecular weight excluding hydrogens is 394 g/mol.